The Morgan fingerprint density at radius 3 is 2.33 bits per heavy atom. The van der Waals surface area contributed by atoms with Gasteiger partial charge in [-0.05, 0) is 36.1 Å². The second kappa shape index (κ2) is 8.74. The van der Waals surface area contributed by atoms with Crippen molar-refractivity contribution in [3.63, 3.8) is 0 Å². The van der Waals surface area contributed by atoms with Crippen LogP contribution in [0.25, 0.3) is 0 Å². The maximum Gasteiger partial charge on any atom is 0.0594 e. The summed E-state index contributed by atoms with van der Waals surface area (Å²) in [6, 6.07) is 19.8. The number of ether oxygens (including phenoxy) is 1. The topological polar surface area (TPSA) is 24.5 Å². The van der Waals surface area contributed by atoms with Gasteiger partial charge in [0.15, 0.2) is 0 Å². The van der Waals surface area contributed by atoms with E-state index in [1.54, 1.807) is 0 Å². The molecule has 0 bridgehead atoms. The third-order valence-corrected chi connectivity index (χ3v) is 6.48. The Morgan fingerprint density at radius 2 is 1.70 bits per heavy atom. The van der Waals surface area contributed by atoms with Crippen LogP contribution >= 0.6 is 11.6 Å². The average Bonchev–Trinajstić information content (AvgIpc) is 2.69. The molecule has 1 atom stereocenters. The Labute approximate surface area is 167 Å². The van der Waals surface area contributed by atoms with Gasteiger partial charge in [0.2, 0.25) is 0 Å². The number of nitrogens with one attached hydrogen (secondary N) is 1. The highest BCUT2D eigenvalue weighted by molar-refractivity contribution is 6.30. The second-order valence-electron chi connectivity index (χ2n) is 7.77. The number of rotatable bonds is 7. The summed E-state index contributed by atoms with van der Waals surface area (Å²) in [7, 11) is 0. The zero-order valence-electron chi connectivity index (χ0n) is 15.9. The lowest BCUT2D eigenvalue weighted by molar-refractivity contribution is 0.0371. The molecule has 0 aromatic heterocycles. The summed E-state index contributed by atoms with van der Waals surface area (Å²) in [6.07, 6.45) is 3.73. The third kappa shape index (κ3) is 4.22. The van der Waals surface area contributed by atoms with Crippen LogP contribution in [0.2, 0.25) is 5.02 Å². The van der Waals surface area contributed by atoms with Crippen molar-refractivity contribution in [2.24, 2.45) is 0 Å². The van der Waals surface area contributed by atoms with E-state index in [4.69, 9.17) is 16.3 Å². The van der Waals surface area contributed by atoms with Gasteiger partial charge in [-0.25, -0.2) is 0 Å². The van der Waals surface area contributed by atoms with Gasteiger partial charge in [-0.1, -0.05) is 60.5 Å². The summed E-state index contributed by atoms with van der Waals surface area (Å²) in [4.78, 5) is 2.49. The number of nitrogens with zero attached hydrogens (tertiary/aromatic N) is 1. The van der Waals surface area contributed by atoms with Crippen molar-refractivity contribution in [3.05, 3.63) is 70.7 Å². The van der Waals surface area contributed by atoms with Gasteiger partial charge in [0, 0.05) is 42.7 Å². The molecule has 1 aliphatic carbocycles. The number of halogens is 1. The van der Waals surface area contributed by atoms with Crippen LogP contribution in [-0.4, -0.2) is 44.3 Å². The molecule has 3 nitrogen and oxygen atoms in total. The Kier molecular flexibility index (Phi) is 6.14. The van der Waals surface area contributed by atoms with Crippen molar-refractivity contribution < 1.29 is 4.74 Å². The predicted molar refractivity (Wildman–Crippen MR) is 111 cm³/mol. The molecular weight excluding hydrogens is 356 g/mol. The van der Waals surface area contributed by atoms with E-state index in [1.165, 1.54) is 30.4 Å². The van der Waals surface area contributed by atoms with Crippen LogP contribution in [0.4, 0.5) is 0 Å². The Balaban J connectivity index is 1.54. The first-order valence-corrected chi connectivity index (χ1v) is 10.5. The van der Waals surface area contributed by atoms with Crippen molar-refractivity contribution in [2.75, 3.05) is 39.4 Å². The van der Waals surface area contributed by atoms with E-state index in [0.29, 0.717) is 6.04 Å². The minimum absolute atomic E-state index is 0.164. The first kappa shape index (κ1) is 18.9. The van der Waals surface area contributed by atoms with Crippen LogP contribution in [0.3, 0.4) is 0 Å². The summed E-state index contributed by atoms with van der Waals surface area (Å²) < 4.78 is 5.47. The van der Waals surface area contributed by atoms with E-state index in [9.17, 15) is 0 Å². The number of hydrogen-bond donors (Lipinski definition) is 1. The van der Waals surface area contributed by atoms with Gasteiger partial charge in [-0.15, -0.1) is 0 Å². The largest absolute Gasteiger partial charge is 0.379 e. The molecule has 1 saturated heterocycles. The van der Waals surface area contributed by atoms with Gasteiger partial charge in [-0.2, -0.15) is 0 Å². The Hall–Kier alpha value is -1.39. The van der Waals surface area contributed by atoms with Gasteiger partial charge in [0.25, 0.3) is 0 Å². The number of benzene rings is 2. The van der Waals surface area contributed by atoms with Gasteiger partial charge in [0.1, 0.15) is 0 Å². The number of hydrogen-bond acceptors (Lipinski definition) is 3. The van der Waals surface area contributed by atoms with Crippen LogP contribution < -0.4 is 5.32 Å². The maximum absolute atomic E-state index is 6.16. The van der Waals surface area contributed by atoms with Crippen molar-refractivity contribution in [3.8, 4) is 0 Å². The fourth-order valence-corrected chi connectivity index (χ4v) is 4.68. The lowest BCUT2D eigenvalue weighted by Crippen LogP contribution is -2.49. The molecule has 0 spiro atoms. The Morgan fingerprint density at radius 1 is 1.00 bits per heavy atom. The summed E-state index contributed by atoms with van der Waals surface area (Å²) in [5, 5.41) is 4.73. The van der Waals surface area contributed by atoms with Gasteiger partial charge < -0.3 is 10.1 Å². The lowest BCUT2D eigenvalue weighted by atomic mass is 9.58. The molecule has 2 fully saturated rings. The summed E-state index contributed by atoms with van der Waals surface area (Å²) in [5.41, 5.74) is 2.96. The molecule has 0 radical (unpaired) electrons. The van der Waals surface area contributed by atoms with E-state index in [2.05, 4.69) is 52.7 Å². The monoisotopic (exact) mass is 384 g/mol. The molecule has 2 aliphatic rings. The average molecular weight is 385 g/mol. The van der Waals surface area contributed by atoms with Crippen LogP contribution in [0, 0.1) is 0 Å². The third-order valence-electron chi connectivity index (χ3n) is 6.23. The highest BCUT2D eigenvalue weighted by atomic mass is 35.5. The summed E-state index contributed by atoms with van der Waals surface area (Å²) in [6.45, 7) is 5.87. The summed E-state index contributed by atoms with van der Waals surface area (Å²) in [5.74, 6) is 0. The van der Waals surface area contributed by atoms with Crippen molar-refractivity contribution in [2.45, 2.75) is 30.7 Å². The highest BCUT2D eigenvalue weighted by Gasteiger charge is 2.45. The van der Waals surface area contributed by atoms with Gasteiger partial charge >= 0.3 is 0 Å². The van der Waals surface area contributed by atoms with Crippen LogP contribution in [0.5, 0.6) is 0 Å². The molecule has 2 aromatic carbocycles. The zero-order valence-corrected chi connectivity index (χ0v) is 16.6. The maximum atomic E-state index is 6.16. The van der Waals surface area contributed by atoms with Crippen molar-refractivity contribution in [1.29, 1.82) is 0 Å². The first-order chi connectivity index (χ1) is 13.3. The van der Waals surface area contributed by atoms with Crippen LogP contribution in [0.15, 0.2) is 54.6 Å². The quantitative estimate of drug-likeness (QED) is 0.764. The van der Waals surface area contributed by atoms with E-state index in [0.717, 1.165) is 44.4 Å². The first-order valence-electron chi connectivity index (χ1n) is 10.1. The molecule has 1 aliphatic heterocycles. The molecule has 1 heterocycles. The highest BCUT2D eigenvalue weighted by Crippen LogP contribution is 2.52. The van der Waals surface area contributed by atoms with Gasteiger partial charge in [0.05, 0.1) is 13.2 Å². The molecule has 2 aromatic rings. The SMILES string of the molecule is Clc1ccc(C2(C(NCCN3CCOCC3)c3ccccc3)CCC2)cc1. The van der Waals surface area contributed by atoms with E-state index >= 15 is 0 Å². The lowest BCUT2D eigenvalue weighted by Gasteiger charge is -2.49. The van der Waals surface area contributed by atoms with Crippen LogP contribution in [-0.2, 0) is 10.2 Å². The smallest absolute Gasteiger partial charge is 0.0594 e. The Bertz CT molecular complexity index is 709. The van der Waals surface area contributed by atoms with E-state index in [1.807, 2.05) is 12.1 Å². The molecule has 4 rings (SSSR count). The van der Waals surface area contributed by atoms with E-state index in [-0.39, 0.29) is 5.41 Å². The van der Waals surface area contributed by atoms with Crippen molar-refractivity contribution >= 4 is 11.6 Å². The molecule has 1 saturated carbocycles. The normalized spacial score (nSPS) is 20.8. The second-order valence-corrected chi connectivity index (χ2v) is 8.20. The fourth-order valence-electron chi connectivity index (χ4n) is 4.55. The standard InChI is InChI=1S/C23H29ClN2O/c24-21-9-7-20(8-10-21)23(11-4-12-23)22(19-5-2-1-3-6-19)25-13-14-26-15-17-27-18-16-26/h1-3,5-10,22,25H,4,11-18H2. The van der Waals surface area contributed by atoms with E-state index < -0.39 is 0 Å². The molecule has 1 unspecified atom stereocenters. The molecule has 144 valence electrons. The minimum atomic E-state index is 0.164. The fraction of sp³-hybridized carbons (Fsp3) is 0.478. The molecule has 0 amide bonds. The van der Waals surface area contributed by atoms with Gasteiger partial charge in [-0.3, -0.25) is 4.90 Å². The predicted octanol–water partition coefficient (Wildman–Crippen LogP) is 4.42. The zero-order chi connectivity index (χ0) is 18.5. The van der Waals surface area contributed by atoms with Crippen molar-refractivity contribution in [1.82, 2.24) is 10.2 Å². The number of morpholine rings is 1. The summed E-state index contributed by atoms with van der Waals surface area (Å²) >= 11 is 6.16. The van der Waals surface area contributed by atoms with Crippen LogP contribution in [0.1, 0.15) is 36.4 Å². The minimum Gasteiger partial charge on any atom is -0.379 e. The molecule has 1 N–H and O–H groups in total. The molecule has 4 heteroatoms. The molecular formula is C23H29ClN2O. The molecule has 27 heavy (non-hydrogen) atoms.